The molecule has 1 N–H and O–H groups in total. The van der Waals surface area contributed by atoms with Gasteiger partial charge in [0.1, 0.15) is 5.82 Å². The number of anilines is 1. The van der Waals surface area contributed by atoms with Crippen LogP contribution < -0.4 is 5.32 Å². The number of fused-ring (bicyclic) bond motifs is 1. The molecule has 1 saturated carbocycles. The van der Waals surface area contributed by atoms with E-state index >= 15 is 0 Å². The zero-order valence-electron chi connectivity index (χ0n) is 15.4. The van der Waals surface area contributed by atoms with Crippen molar-refractivity contribution in [1.29, 1.82) is 0 Å². The van der Waals surface area contributed by atoms with E-state index in [1.54, 1.807) is 22.7 Å². The lowest BCUT2D eigenvalue weighted by Gasteiger charge is -2.29. The van der Waals surface area contributed by atoms with E-state index in [1.165, 1.54) is 0 Å². The average molecular weight is 438 g/mol. The molecule has 2 heterocycles. The van der Waals surface area contributed by atoms with Crippen LogP contribution in [0.2, 0.25) is 10.0 Å². The molecular formula is C19H21Cl2N5OS. The Morgan fingerprint density at radius 2 is 1.96 bits per heavy atom. The summed E-state index contributed by atoms with van der Waals surface area (Å²) in [4.78, 5) is 0. The molecule has 0 amide bonds. The number of nitrogens with one attached hydrogen (secondary N) is 1. The molecule has 0 saturated heterocycles. The fourth-order valence-corrected chi connectivity index (χ4v) is 5.56. The van der Waals surface area contributed by atoms with E-state index in [2.05, 4.69) is 20.6 Å². The molecule has 3 unspecified atom stereocenters. The van der Waals surface area contributed by atoms with Crippen molar-refractivity contribution in [3.63, 3.8) is 0 Å². The van der Waals surface area contributed by atoms with E-state index < -0.39 is 10.8 Å². The summed E-state index contributed by atoms with van der Waals surface area (Å²) >= 11 is 12.3. The predicted molar refractivity (Wildman–Crippen MR) is 115 cm³/mol. The highest BCUT2D eigenvalue weighted by atomic mass is 35.5. The van der Waals surface area contributed by atoms with Gasteiger partial charge in [-0.2, -0.15) is 4.52 Å². The molecule has 6 nitrogen and oxygen atoms in total. The van der Waals surface area contributed by atoms with Crippen molar-refractivity contribution in [3.8, 4) is 11.4 Å². The van der Waals surface area contributed by atoms with Gasteiger partial charge < -0.3 is 5.32 Å². The van der Waals surface area contributed by atoms with Gasteiger partial charge in [-0.05, 0) is 49.6 Å². The molecule has 148 valence electrons. The maximum Gasteiger partial charge on any atom is 0.185 e. The first-order chi connectivity index (χ1) is 13.5. The van der Waals surface area contributed by atoms with Gasteiger partial charge in [-0.15, -0.1) is 15.3 Å². The first-order valence-electron chi connectivity index (χ1n) is 9.36. The molecular weight excluding hydrogens is 417 g/mol. The lowest BCUT2D eigenvalue weighted by molar-refractivity contribution is 0.464. The Balaban J connectivity index is 1.60. The quantitative estimate of drug-likeness (QED) is 0.631. The Kier molecular flexibility index (Phi) is 5.85. The zero-order valence-corrected chi connectivity index (χ0v) is 17.8. The summed E-state index contributed by atoms with van der Waals surface area (Å²) in [6.45, 7) is 1.98. The van der Waals surface area contributed by atoms with Crippen LogP contribution in [0.3, 0.4) is 0 Å². The summed E-state index contributed by atoms with van der Waals surface area (Å²) in [6.07, 6.45) is 4.07. The monoisotopic (exact) mass is 437 g/mol. The third-order valence-electron chi connectivity index (χ3n) is 5.02. The molecule has 3 aromatic rings. The van der Waals surface area contributed by atoms with Crippen molar-refractivity contribution in [2.75, 3.05) is 11.1 Å². The standard InChI is InChI=1S/C19H21Cl2N5OS/c1-2-28(27)16-5-3-4-15(11-16)22-17-6-7-18-23-24-19(26(18)25-17)12-8-13(20)10-14(21)9-12/h6-10,15-16H,2-5,11H2,1H3,(H,22,25). The maximum absolute atomic E-state index is 12.2. The van der Waals surface area contributed by atoms with E-state index in [0.29, 0.717) is 27.3 Å². The van der Waals surface area contributed by atoms with Crippen LogP contribution in [0.4, 0.5) is 5.82 Å². The van der Waals surface area contributed by atoms with E-state index in [4.69, 9.17) is 23.2 Å². The maximum atomic E-state index is 12.2. The first-order valence-corrected chi connectivity index (χ1v) is 11.5. The largest absolute Gasteiger partial charge is 0.366 e. The molecule has 0 radical (unpaired) electrons. The van der Waals surface area contributed by atoms with Gasteiger partial charge in [0.15, 0.2) is 11.5 Å². The van der Waals surface area contributed by atoms with E-state index in [-0.39, 0.29) is 11.3 Å². The van der Waals surface area contributed by atoms with Crippen molar-refractivity contribution >= 4 is 45.5 Å². The number of nitrogens with zero attached hydrogens (tertiary/aromatic N) is 4. The van der Waals surface area contributed by atoms with Gasteiger partial charge in [0.05, 0.1) is 0 Å². The lowest BCUT2D eigenvalue weighted by Crippen LogP contribution is -2.33. The third kappa shape index (κ3) is 4.16. The van der Waals surface area contributed by atoms with E-state index in [9.17, 15) is 4.21 Å². The summed E-state index contributed by atoms with van der Waals surface area (Å²) in [6, 6.07) is 9.30. The number of benzene rings is 1. The van der Waals surface area contributed by atoms with Gasteiger partial charge in [0, 0.05) is 43.5 Å². The van der Waals surface area contributed by atoms with Gasteiger partial charge in [0.2, 0.25) is 0 Å². The van der Waals surface area contributed by atoms with Gasteiger partial charge in [-0.1, -0.05) is 36.5 Å². The minimum Gasteiger partial charge on any atom is -0.366 e. The lowest BCUT2D eigenvalue weighted by atomic mass is 9.95. The van der Waals surface area contributed by atoms with Crippen LogP contribution in [0.1, 0.15) is 32.6 Å². The van der Waals surface area contributed by atoms with E-state index in [1.807, 2.05) is 19.1 Å². The second-order valence-electron chi connectivity index (χ2n) is 6.97. The normalized spacial score (nSPS) is 21.0. The Bertz CT molecular complexity index is 1000. The molecule has 1 aliphatic rings. The Morgan fingerprint density at radius 3 is 2.71 bits per heavy atom. The van der Waals surface area contributed by atoms with Crippen molar-refractivity contribution in [1.82, 2.24) is 19.8 Å². The number of aromatic nitrogens is 4. The Hall–Kier alpha value is -1.70. The van der Waals surface area contributed by atoms with Crippen LogP contribution in [-0.2, 0) is 10.8 Å². The number of halogens is 2. The Morgan fingerprint density at radius 1 is 1.18 bits per heavy atom. The van der Waals surface area contributed by atoms with Crippen molar-refractivity contribution in [2.45, 2.75) is 43.9 Å². The predicted octanol–water partition coefficient (Wildman–Crippen LogP) is 4.59. The van der Waals surface area contributed by atoms with Crippen LogP contribution in [0.25, 0.3) is 17.0 Å². The van der Waals surface area contributed by atoms with Crippen LogP contribution in [0.5, 0.6) is 0 Å². The molecule has 3 atom stereocenters. The summed E-state index contributed by atoms with van der Waals surface area (Å²) in [5.41, 5.74) is 1.40. The van der Waals surface area contributed by atoms with Crippen molar-refractivity contribution in [2.24, 2.45) is 0 Å². The number of hydrogen-bond donors (Lipinski definition) is 1. The molecule has 0 aliphatic heterocycles. The fraction of sp³-hybridized carbons (Fsp3) is 0.421. The summed E-state index contributed by atoms with van der Waals surface area (Å²) < 4.78 is 13.9. The first kappa shape index (κ1) is 19.6. The molecule has 1 fully saturated rings. The molecule has 28 heavy (non-hydrogen) atoms. The van der Waals surface area contributed by atoms with Crippen LogP contribution in [-0.4, -0.2) is 41.1 Å². The molecule has 1 aromatic carbocycles. The average Bonchev–Trinajstić information content (AvgIpc) is 3.10. The molecule has 9 heteroatoms. The third-order valence-corrected chi connectivity index (χ3v) is 7.20. The zero-order chi connectivity index (χ0) is 19.7. The van der Waals surface area contributed by atoms with Gasteiger partial charge in [-0.3, -0.25) is 4.21 Å². The van der Waals surface area contributed by atoms with Gasteiger partial charge in [0.25, 0.3) is 0 Å². The summed E-state index contributed by atoms with van der Waals surface area (Å²) in [5.74, 6) is 2.04. The molecule has 1 aliphatic carbocycles. The highest BCUT2D eigenvalue weighted by Gasteiger charge is 2.25. The van der Waals surface area contributed by atoms with Crippen molar-refractivity contribution < 1.29 is 4.21 Å². The van der Waals surface area contributed by atoms with Crippen LogP contribution in [0.15, 0.2) is 30.3 Å². The smallest absolute Gasteiger partial charge is 0.185 e. The van der Waals surface area contributed by atoms with Crippen molar-refractivity contribution in [3.05, 3.63) is 40.4 Å². The summed E-state index contributed by atoms with van der Waals surface area (Å²) in [5, 5.41) is 17.9. The molecule has 2 aromatic heterocycles. The molecule has 0 bridgehead atoms. The highest BCUT2D eigenvalue weighted by Crippen LogP contribution is 2.28. The second-order valence-corrected chi connectivity index (χ2v) is 9.85. The second kappa shape index (κ2) is 8.35. The van der Waals surface area contributed by atoms with E-state index in [0.717, 1.165) is 37.1 Å². The number of hydrogen-bond acceptors (Lipinski definition) is 5. The fourth-order valence-electron chi connectivity index (χ4n) is 3.69. The van der Waals surface area contributed by atoms with Crippen LogP contribution >= 0.6 is 23.2 Å². The minimum absolute atomic E-state index is 0.263. The summed E-state index contributed by atoms with van der Waals surface area (Å²) in [7, 11) is -0.752. The van der Waals surface area contributed by atoms with Gasteiger partial charge in [-0.25, -0.2) is 0 Å². The van der Waals surface area contributed by atoms with Crippen LogP contribution in [0, 0.1) is 0 Å². The topological polar surface area (TPSA) is 72.2 Å². The minimum atomic E-state index is -0.752. The number of rotatable bonds is 5. The molecule has 0 spiro atoms. The molecule has 4 rings (SSSR count). The van der Waals surface area contributed by atoms with Gasteiger partial charge >= 0.3 is 0 Å². The Labute approximate surface area is 176 Å². The SMILES string of the molecule is CCS(=O)C1CCCC(Nc2ccc3nnc(-c4cc(Cl)cc(Cl)c4)n3n2)C1. The highest BCUT2D eigenvalue weighted by molar-refractivity contribution is 7.85.